The van der Waals surface area contributed by atoms with Gasteiger partial charge in [0.05, 0.1) is 24.4 Å². The minimum atomic E-state index is 0.0647. The number of methoxy groups -OCH3 is 1. The van der Waals surface area contributed by atoms with E-state index in [1.54, 1.807) is 18.2 Å². The van der Waals surface area contributed by atoms with Crippen molar-refractivity contribution >= 4 is 11.6 Å². The highest BCUT2D eigenvalue weighted by Crippen LogP contribution is 2.28. The molecule has 1 aromatic carbocycles. The van der Waals surface area contributed by atoms with Crippen LogP contribution in [0.1, 0.15) is 44.1 Å². The summed E-state index contributed by atoms with van der Waals surface area (Å²) < 4.78 is 5.23. The van der Waals surface area contributed by atoms with Crippen LogP contribution >= 0.6 is 0 Å². The summed E-state index contributed by atoms with van der Waals surface area (Å²) in [6.07, 6.45) is 6.63. The van der Waals surface area contributed by atoms with Crippen molar-refractivity contribution in [2.45, 2.75) is 38.5 Å². The summed E-state index contributed by atoms with van der Waals surface area (Å²) in [5.74, 6) is 0.693. The first kappa shape index (κ1) is 14.4. The second kappa shape index (κ2) is 6.95. The Hall–Kier alpha value is -2.02. The number of nitrogens with zero attached hydrogens (tertiary/aromatic N) is 1. The van der Waals surface area contributed by atoms with Gasteiger partial charge < -0.3 is 10.1 Å². The van der Waals surface area contributed by atoms with Crippen LogP contribution in [0.2, 0.25) is 0 Å². The molecule has 1 fully saturated rings. The van der Waals surface area contributed by atoms with E-state index >= 15 is 0 Å². The first-order valence-corrected chi connectivity index (χ1v) is 7.13. The Balaban J connectivity index is 2.08. The molecule has 0 aliphatic heterocycles. The van der Waals surface area contributed by atoms with Gasteiger partial charge in [-0.05, 0) is 25.0 Å². The normalized spacial score (nSPS) is 16.0. The fourth-order valence-corrected chi connectivity index (χ4v) is 2.64. The second-order valence-corrected chi connectivity index (χ2v) is 5.20. The SMILES string of the molecule is COc1cc(C#N)ccc1NC(=O)C1CCCCCC1. The molecular weight excluding hydrogens is 252 g/mol. The predicted octanol–water partition coefficient (Wildman–Crippen LogP) is 3.48. The number of nitrogens with one attached hydrogen (secondary N) is 1. The monoisotopic (exact) mass is 272 g/mol. The van der Waals surface area contributed by atoms with Crippen LogP contribution in [0.4, 0.5) is 5.69 Å². The van der Waals surface area contributed by atoms with Crippen molar-refractivity contribution in [2.75, 3.05) is 12.4 Å². The van der Waals surface area contributed by atoms with E-state index in [0.717, 1.165) is 25.7 Å². The van der Waals surface area contributed by atoms with Crippen molar-refractivity contribution in [1.29, 1.82) is 5.26 Å². The molecule has 106 valence electrons. The van der Waals surface area contributed by atoms with Crippen molar-refractivity contribution in [3.63, 3.8) is 0 Å². The number of ether oxygens (including phenoxy) is 1. The van der Waals surface area contributed by atoms with E-state index in [4.69, 9.17) is 10.00 Å². The molecule has 4 heteroatoms. The van der Waals surface area contributed by atoms with E-state index in [-0.39, 0.29) is 11.8 Å². The van der Waals surface area contributed by atoms with Gasteiger partial charge in [-0.2, -0.15) is 5.26 Å². The molecule has 0 saturated heterocycles. The highest BCUT2D eigenvalue weighted by Gasteiger charge is 2.21. The zero-order valence-corrected chi connectivity index (χ0v) is 11.8. The number of carbonyl (C=O) groups is 1. The summed E-state index contributed by atoms with van der Waals surface area (Å²) in [5.41, 5.74) is 1.16. The van der Waals surface area contributed by atoms with Crippen LogP contribution in [0, 0.1) is 17.2 Å². The topological polar surface area (TPSA) is 62.1 Å². The van der Waals surface area contributed by atoms with Crippen molar-refractivity contribution < 1.29 is 9.53 Å². The lowest BCUT2D eigenvalue weighted by Crippen LogP contribution is -2.22. The molecular formula is C16H20N2O2. The zero-order chi connectivity index (χ0) is 14.4. The fraction of sp³-hybridized carbons (Fsp3) is 0.500. The Morgan fingerprint density at radius 2 is 2.00 bits per heavy atom. The van der Waals surface area contributed by atoms with Gasteiger partial charge in [0.25, 0.3) is 0 Å². The molecule has 20 heavy (non-hydrogen) atoms. The highest BCUT2D eigenvalue weighted by atomic mass is 16.5. The lowest BCUT2D eigenvalue weighted by molar-refractivity contribution is -0.120. The van der Waals surface area contributed by atoms with E-state index in [0.29, 0.717) is 17.0 Å². The molecule has 2 rings (SSSR count). The number of benzene rings is 1. The van der Waals surface area contributed by atoms with E-state index in [9.17, 15) is 4.79 Å². The first-order valence-electron chi connectivity index (χ1n) is 7.13. The minimum Gasteiger partial charge on any atom is -0.495 e. The molecule has 1 amide bonds. The molecule has 0 radical (unpaired) electrons. The Bertz CT molecular complexity index is 512. The van der Waals surface area contributed by atoms with Crippen molar-refractivity contribution in [3.8, 4) is 11.8 Å². The van der Waals surface area contributed by atoms with Crippen LogP contribution in [-0.2, 0) is 4.79 Å². The molecule has 1 aromatic rings. The minimum absolute atomic E-state index is 0.0647. The lowest BCUT2D eigenvalue weighted by Gasteiger charge is -2.16. The third-order valence-corrected chi connectivity index (χ3v) is 3.81. The molecule has 0 aromatic heterocycles. The summed E-state index contributed by atoms with van der Waals surface area (Å²) in [6.45, 7) is 0. The van der Waals surface area contributed by atoms with Crippen molar-refractivity contribution in [1.82, 2.24) is 0 Å². The number of hydrogen-bond donors (Lipinski definition) is 1. The lowest BCUT2D eigenvalue weighted by atomic mass is 9.99. The number of anilines is 1. The molecule has 4 nitrogen and oxygen atoms in total. The zero-order valence-electron chi connectivity index (χ0n) is 11.8. The maximum Gasteiger partial charge on any atom is 0.227 e. The van der Waals surface area contributed by atoms with Gasteiger partial charge >= 0.3 is 0 Å². The number of amides is 1. The quantitative estimate of drug-likeness (QED) is 0.857. The molecule has 0 spiro atoms. The Morgan fingerprint density at radius 3 is 2.60 bits per heavy atom. The Morgan fingerprint density at radius 1 is 1.30 bits per heavy atom. The van der Waals surface area contributed by atoms with E-state index < -0.39 is 0 Å². The van der Waals surface area contributed by atoms with Gasteiger partial charge in [-0.1, -0.05) is 25.7 Å². The van der Waals surface area contributed by atoms with Crippen LogP contribution < -0.4 is 10.1 Å². The maximum absolute atomic E-state index is 12.3. The number of nitriles is 1. The van der Waals surface area contributed by atoms with Crippen molar-refractivity contribution in [2.24, 2.45) is 5.92 Å². The van der Waals surface area contributed by atoms with Gasteiger partial charge in [0.15, 0.2) is 0 Å². The average Bonchev–Trinajstić information content (AvgIpc) is 2.76. The summed E-state index contributed by atoms with van der Waals surface area (Å²) in [5, 5.41) is 11.8. The number of carbonyl (C=O) groups excluding carboxylic acids is 1. The van der Waals surface area contributed by atoms with Crippen LogP contribution in [0.25, 0.3) is 0 Å². The summed E-state index contributed by atoms with van der Waals surface area (Å²) in [6, 6.07) is 7.12. The standard InChI is InChI=1S/C16H20N2O2/c1-20-15-10-12(11-17)8-9-14(15)18-16(19)13-6-4-2-3-5-7-13/h8-10,13H,2-7H2,1H3,(H,18,19). The third kappa shape index (κ3) is 3.51. The largest absolute Gasteiger partial charge is 0.495 e. The van der Waals surface area contributed by atoms with Gasteiger partial charge in [-0.25, -0.2) is 0 Å². The molecule has 1 aliphatic rings. The molecule has 0 unspecified atom stereocenters. The fourth-order valence-electron chi connectivity index (χ4n) is 2.64. The summed E-state index contributed by atoms with van der Waals surface area (Å²) in [4.78, 5) is 12.3. The molecule has 1 aliphatic carbocycles. The van der Waals surface area contributed by atoms with E-state index in [2.05, 4.69) is 11.4 Å². The van der Waals surface area contributed by atoms with Gasteiger partial charge in [0.1, 0.15) is 5.75 Å². The molecule has 1 saturated carbocycles. The van der Waals surface area contributed by atoms with Crippen molar-refractivity contribution in [3.05, 3.63) is 23.8 Å². The van der Waals surface area contributed by atoms with Gasteiger partial charge in [0.2, 0.25) is 5.91 Å². The summed E-state index contributed by atoms with van der Waals surface area (Å²) in [7, 11) is 1.54. The molecule has 0 atom stereocenters. The summed E-state index contributed by atoms with van der Waals surface area (Å²) >= 11 is 0. The number of rotatable bonds is 3. The highest BCUT2D eigenvalue weighted by molar-refractivity contribution is 5.94. The average molecular weight is 272 g/mol. The maximum atomic E-state index is 12.3. The molecule has 0 heterocycles. The molecule has 1 N–H and O–H groups in total. The Labute approximate surface area is 119 Å². The van der Waals surface area contributed by atoms with Crippen LogP contribution in [-0.4, -0.2) is 13.0 Å². The molecule has 0 bridgehead atoms. The number of hydrogen-bond acceptors (Lipinski definition) is 3. The van der Waals surface area contributed by atoms with Crippen LogP contribution in [0.5, 0.6) is 5.75 Å². The Kier molecular flexibility index (Phi) is 5.00. The van der Waals surface area contributed by atoms with E-state index in [1.165, 1.54) is 20.0 Å². The van der Waals surface area contributed by atoms with Gasteiger partial charge in [-0.3, -0.25) is 4.79 Å². The van der Waals surface area contributed by atoms with Crippen LogP contribution in [0.15, 0.2) is 18.2 Å². The van der Waals surface area contributed by atoms with Gasteiger partial charge in [0, 0.05) is 12.0 Å². The second-order valence-electron chi connectivity index (χ2n) is 5.20. The predicted molar refractivity (Wildman–Crippen MR) is 77.5 cm³/mol. The van der Waals surface area contributed by atoms with E-state index in [1.807, 2.05) is 0 Å². The third-order valence-electron chi connectivity index (χ3n) is 3.81. The first-order chi connectivity index (χ1) is 9.74. The van der Waals surface area contributed by atoms with Gasteiger partial charge in [-0.15, -0.1) is 0 Å². The van der Waals surface area contributed by atoms with Crippen LogP contribution in [0.3, 0.4) is 0 Å². The smallest absolute Gasteiger partial charge is 0.227 e.